The molecule has 0 radical (unpaired) electrons. The van der Waals surface area contributed by atoms with E-state index in [1.165, 1.54) is 7.11 Å². The van der Waals surface area contributed by atoms with Gasteiger partial charge in [0.1, 0.15) is 17.2 Å². The highest BCUT2D eigenvalue weighted by molar-refractivity contribution is 5.92. The number of benzene rings is 1. The number of fused-ring (bicyclic) bond motifs is 1. The van der Waals surface area contributed by atoms with Crippen LogP contribution in [0.15, 0.2) is 49.1 Å². The van der Waals surface area contributed by atoms with Gasteiger partial charge in [-0.1, -0.05) is 0 Å². The Balaban J connectivity index is 1.53. The minimum atomic E-state index is -0.228. The van der Waals surface area contributed by atoms with Crippen LogP contribution in [0.2, 0.25) is 0 Å². The molecule has 0 spiro atoms. The van der Waals surface area contributed by atoms with Crippen molar-refractivity contribution in [2.45, 2.75) is 26.3 Å². The smallest absolute Gasteiger partial charge is 0.230 e. The van der Waals surface area contributed by atoms with E-state index in [1.807, 2.05) is 13.8 Å². The Morgan fingerprint density at radius 1 is 0.971 bits per heavy atom. The number of aromatic nitrogens is 4. The van der Waals surface area contributed by atoms with E-state index in [9.17, 15) is 4.79 Å². The van der Waals surface area contributed by atoms with Crippen molar-refractivity contribution < 1.29 is 23.7 Å². The van der Waals surface area contributed by atoms with Gasteiger partial charge in [0, 0.05) is 36.0 Å². The number of carbonyl (C=O) groups is 1. The number of anilines is 1. The summed E-state index contributed by atoms with van der Waals surface area (Å²) < 4.78 is 24.1. The van der Waals surface area contributed by atoms with Crippen LogP contribution in [0.3, 0.4) is 0 Å². The second-order valence-electron chi connectivity index (χ2n) is 7.98. The molecule has 4 aromatic rings. The third-order valence-corrected chi connectivity index (χ3v) is 5.30. The van der Waals surface area contributed by atoms with Crippen molar-refractivity contribution in [2.75, 3.05) is 26.6 Å². The predicted molar refractivity (Wildman–Crippen MR) is 131 cm³/mol. The molecule has 3 heterocycles. The molecule has 0 saturated heterocycles. The number of pyridine rings is 2. The molecular weight excluding hydrogens is 450 g/mol. The highest BCUT2D eigenvalue weighted by Gasteiger charge is 2.15. The van der Waals surface area contributed by atoms with Crippen LogP contribution in [0.4, 0.5) is 5.69 Å². The van der Waals surface area contributed by atoms with Crippen LogP contribution < -0.4 is 24.3 Å². The van der Waals surface area contributed by atoms with Gasteiger partial charge in [-0.05, 0) is 26.0 Å². The fraction of sp³-hybridized carbons (Fsp3) is 0.280. The summed E-state index contributed by atoms with van der Waals surface area (Å²) >= 11 is 0. The summed E-state index contributed by atoms with van der Waals surface area (Å²) in [4.78, 5) is 21.4. The van der Waals surface area contributed by atoms with Gasteiger partial charge in [0.05, 0.1) is 57.0 Å². The van der Waals surface area contributed by atoms with Crippen LogP contribution in [0.1, 0.15) is 25.6 Å². The van der Waals surface area contributed by atoms with Crippen molar-refractivity contribution in [1.29, 1.82) is 0 Å². The van der Waals surface area contributed by atoms with Gasteiger partial charge in [-0.25, -0.2) is 0 Å². The van der Waals surface area contributed by atoms with Crippen molar-refractivity contribution in [2.24, 2.45) is 0 Å². The summed E-state index contributed by atoms with van der Waals surface area (Å²) in [5.74, 6) is 2.36. The number of nitrogens with one attached hydrogen (secondary N) is 1. The maximum atomic E-state index is 12.6. The van der Waals surface area contributed by atoms with Gasteiger partial charge in [0.15, 0.2) is 11.5 Å². The third-order valence-electron chi connectivity index (χ3n) is 5.30. The quantitative estimate of drug-likeness (QED) is 0.378. The van der Waals surface area contributed by atoms with Crippen molar-refractivity contribution in [3.63, 3.8) is 0 Å². The van der Waals surface area contributed by atoms with Gasteiger partial charge in [-0.3, -0.25) is 19.4 Å². The van der Waals surface area contributed by atoms with E-state index in [1.54, 1.807) is 68.0 Å². The Kier molecular flexibility index (Phi) is 7.00. The molecule has 1 amide bonds. The van der Waals surface area contributed by atoms with Crippen LogP contribution in [0, 0.1) is 0 Å². The van der Waals surface area contributed by atoms with Crippen molar-refractivity contribution in [3.05, 3.63) is 54.7 Å². The van der Waals surface area contributed by atoms with E-state index in [2.05, 4.69) is 20.4 Å². The molecule has 0 aliphatic carbocycles. The van der Waals surface area contributed by atoms with E-state index >= 15 is 0 Å². The first-order valence-electron chi connectivity index (χ1n) is 11.0. The van der Waals surface area contributed by atoms with Gasteiger partial charge in [-0.15, -0.1) is 0 Å². The zero-order valence-corrected chi connectivity index (χ0v) is 20.2. The monoisotopic (exact) mass is 477 g/mol. The molecule has 1 aromatic carbocycles. The Morgan fingerprint density at radius 2 is 1.71 bits per heavy atom. The Bertz CT molecular complexity index is 1350. The minimum Gasteiger partial charge on any atom is -0.495 e. The van der Waals surface area contributed by atoms with Crippen LogP contribution in [-0.2, 0) is 11.2 Å². The number of methoxy groups -OCH3 is 3. The third kappa shape index (κ3) is 5.26. The molecular formula is C25H27N5O5. The number of amides is 1. The first kappa shape index (κ1) is 23.8. The molecule has 1 N–H and O–H groups in total. The topological polar surface area (TPSA) is 110 Å². The molecule has 0 unspecified atom stereocenters. The first-order valence-corrected chi connectivity index (χ1v) is 11.0. The molecule has 10 heteroatoms. The van der Waals surface area contributed by atoms with Crippen molar-refractivity contribution in [3.8, 4) is 28.7 Å². The lowest BCUT2D eigenvalue weighted by Crippen LogP contribution is -2.15. The van der Waals surface area contributed by atoms with E-state index in [4.69, 9.17) is 18.9 Å². The lowest BCUT2D eigenvalue weighted by molar-refractivity contribution is -0.115. The van der Waals surface area contributed by atoms with Crippen molar-refractivity contribution >= 4 is 22.5 Å². The molecule has 0 atom stereocenters. The maximum absolute atomic E-state index is 12.6. The number of hydrogen-bond acceptors (Lipinski definition) is 8. The zero-order valence-electron chi connectivity index (χ0n) is 20.2. The van der Waals surface area contributed by atoms with Crippen LogP contribution in [-0.4, -0.2) is 47.0 Å². The largest absolute Gasteiger partial charge is 0.495 e. The Hall–Kier alpha value is -4.34. The van der Waals surface area contributed by atoms with Crippen LogP contribution in [0.5, 0.6) is 28.7 Å². The molecule has 0 aliphatic rings. The number of rotatable bonds is 9. The van der Waals surface area contributed by atoms with E-state index in [-0.39, 0.29) is 18.4 Å². The van der Waals surface area contributed by atoms with E-state index in [0.29, 0.717) is 45.6 Å². The molecule has 10 nitrogen and oxygen atoms in total. The van der Waals surface area contributed by atoms with Gasteiger partial charge < -0.3 is 24.3 Å². The Morgan fingerprint density at radius 3 is 2.40 bits per heavy atom. The second-order valence-corrected chi connectivity index (χ2v) is 7.98. The normalized spacial score (nSPS) is 10.9. The average molecular weight is 478 g/mol. The summed E-state index contributed by atoms with van der Waals surface area (Å²) in [5, 5.41) is 7.81. The molecule has 182 valence electrons. The number of nitrogens with zero attached hydrogens (tertiary/aromatic N) is 4. The summed E-state index contributed by atoms with van der Waals surface area (Å²) in [6, 6.07) is 7.24. The molecule has 0 fully saturated rings. The number of hydrogen-bond donors (Lipinski definition) is 1. The Labute approximate surface area is 202 Å². The SMILES string of the molecule is COc1cc2nccc(Oc3cnc(CC(=O)Nc4cnn(C(C)C)c4)c(OC)c3)c2cc1OC. The summed E-state index contributed by atoms with van der Waals surface area (Å²) in [7, 11) is 4.66. The fourth-order valence-corrected chi connectivity index (χ4v) is 3.53. The van der Waals surface area contributed by atoms with Gasteiger partial charge in [0.25, 0.3) is 0 Å². The van der Waals surface area contributed by atoms with Gasteiger partial charge in [-0.2, -0.15) is 5.10 Å². The minimum absolute atomic E-state index is 0.0332. The maximum Gasteiger partial charge on any atom is 0.230 e. The molecule has 3 aromatic heterocycles. The van der Waals surface area contributed by atoms with E-state index in [0.717, 1.165) is 5.39 Å². The zero-order chi connectivity index (χ0) is 24.9. The van der Waals surface area contributed by atoms with Crippen molar-refractivity contribution in [1.82, 2.24) is 19.7 Å². The summed E-state index contributed by atoms with van der Waals surface area (Å²) in [6.45, 7) is 4.03. The predicted octanol–water partition coefficient (Wildman–Crippen LogP) is 4.41. The molecule has 35 heavy (non-hydrogen) atoms. The lowest BCUT2D eigenvalue weighted by Gasteiger charge is -2.13. The average Bonchev–Trinajstić information content (AvgIpc) is 3.33. The number of carbonyl (C=O) groups excluding carboxylic acids is 1. The number of ether oxygens (including phenoxy) is 4. The van der Waals surface area contributed by atoms with Crippen LogP contribution in [0.25, 0.3) is 10.9 Å². The lowest BCUT2D eigenvalue weighted by atomic mass is 10.2. The van der Waals surface area contributed by atoms with Gasteiger partial charge in [0.2, 0.25) is 5.91 Å². The van der Waals surface area contributed by atoms with Gasteiger partial charge >= 0.3 is 0 Å². The first-order chi connectivity index (χ1) is 16.9. The highest BCUT2D eigenvalue weighted by Crippen LogP contribution is 2.37. The highest BCUT2D eigenvalue weighted by atomic mass is 16.5. The molecule has 0 aliphatic heterocycles. The molecule has 4 rings (SSSR count). The summed E-state index contributed by atoms with van der Waals surface area (Å²) in [5.41, 5.74) is 1.80. The summed E-state index contributed by atoms with van der Waals surface area (Å²) in [6.07, 6.45) is 6.63. The standard InChI is InChI=1S/C25H27N5O5/c1-15(2)30-14-16(12-28-30)29-25(31)11-20-22(32-3)8-17(13-27-20)35-21-6-7-26-19-10-24(34-5)23(33-4)9-18(19)21/h6-10,12-15H,11H2,1-5H3,(H,29,31). The van der Waals surface area contributed by atoms with Crippen LogP contribution >= 0.6 is 0 Å². The molecule has 0 saturated carbocycles. The van der Waals surface area contributed by atoms with E-state index < -0.39 is 0 Å². The second kappa shape index (κ2) is 10.3. The molecule has 0 bridgehead atoms. The fourth-order valence-electron chi connectivity index (χ4n) is 3.53.